The predicted octanol–water partition coefficient (Wildman–Crippen LogP) is -0.434. The first-order chi connectivity index (χ1) is 8.36. The molecule has 0 radical (unpaired) electrons. The Bertz CT molecular complexity index is 412. The van der Waals surface area contributed by atoms with Gasteiger partial charge in [-0.15, -0.1) is 0 Å². The van der Waals surface area contributed by atoms with Gasteiger partial charge in [0.15, 0.2) is 0 Å². The van der Waals surface area contributed by atoms with Gasteiger partial charge in [-0.2, -0.15) is 0 Å². The van der Waals surface area contributed by atoms with Gasteiger partial charge in [-0.3, -0.25) is 9.59 Å². The molecule has 3 aliphatic rings. The molecular weight excluding hydrogens is 230 g/mol. The molecule has 3 fully saturated rings. The van der Waals surface area contributed by atoms with Gasteiger partial charge in [0.25, 0.3) is 0 Å². The summed E-state index contributed by atoms with van der Waals surface area (Å²) in [4.78, 5) is 25.5. The largest absolute Gasteiger partial charge is 0.369 e. The standard InChI is InChI=1S/C13H21N3O2/c1-12(2)3-8(12)11(18)16-6-13(7-16)5-15-4-9(13)10(14)17/h8-9,15H,3-7H2,1-2H3,(H2,14,17). The van der Waals surface area contributed by atoms with Crippen LogP contribution in [0.4, 0.5) is 0 Å². The van der Waals surface area contributed by atoms with Gasteiger partial charge in [-0.05, 0) is 11.8 Å². The molecule has 3 rings (SSSR count). The Morgan fingerprint density at radius 1 is 1.28 bits per heavy atom. The molecule has 0 bridgehead atoms. The van der Waals surface area contributed by atoms with Crippen LogP contribution in [-0.4, -0.2) is 42.9 Å². The Morgan fingerprint density at radius 2 is 1.89 bits per heavy atom. The van der Waals surface area contributed by atoms with Crippen molar-refractivity contribution in [2.24, 2.45) is 28.4 Å². The molecule has 1 spiro atoms. The molecule has 2 heterocycles. The first kappa shape index (κ1) is 12.0. The quantitative estimate of drug-likeness (QED) is 0.699. The van der Waals surface area contributed by atoms with Gasteiger partial charge in [-0.1, -0.05) is 13.8 Å². The van der Waals surface area contributed by atoms with E-state index in [4.69, 9.17) is 5.73 Å². The summed E-state index contributed by atoms with van der Waals surface area (Å²) in [5.41, 5.74) is 5.53. The molecule has 3 N–H and O–H groups in total. The third-order valence-electron chi connectivity index (χ3n) is 5.04. The summed E-state index contributed by atoms with van der Waals surface area (Å²) >= 11 is 0. The van der Waals surface area contributed by atoms with Crippen LogP contribution in [0.15, 0.2) is 0 Å². The number of hydrogen-bond acceptors (Lipinski definition) is 3. The van der Waals surface area contributed by atoms with Gasteiger partial charge >= 0.3 is 0 Å². The molecule has 1 saturated carbocycles. The summed E-state index contributed by atoms with van der Waals surface area (Å²) in [6, 6.07) is 0. The van der Waals surface area contributed by atoms with E-state index in [2.05, 4.69) is 19.2 Å². The van der Waals surface area contributed by atoms with Crippen molar-refractivity contribution in [2.75, 3.05) is 26.2 Å². The van der Waals surface area contributed by atoms with E-state index in [1.165, 1.54) is 0 Å². The maximum absolute atomic E-state index is 12.2. The van der Waals surface area contributed by atoms with Crippen molar-refractivity contribution in [3.05, 3.63) is 0 Å². The molecule has 2 unspecified atom stereocenters. The molecule has 100 valence electrons. The van der Waals surface area contributed by atoms with Crippen LogP contribution in [0.1, 0.15) is 20.3 Å². The number of carbonyl (C=O) groups is 2. The fourth-order valence-electron chi connectivity index (χ4n) is 3.52. The second-order valence-electron chi connectivity index (χ2n) is 6.89. The van der Waals surface area contributed by atoms with E-state index >= 15 is 0 Å². The molecule has 5 heteroatoms. The Balaban J connectivity index is 1.63. The maximum atomic E-state index is 12.2. The molecule has 0 aromatic rings. The molecule has 2 amide bonds. The first-order valence-corrected chi connectivity index (χ1v) is 6.65. The highest BCUT2D eigenvalue weighted by atomic mass is 16.2. The van der Waals surface area contributed by atoms with Crippen molar-refractivity contribution < 1.29 is 9.59 Å². The van der Waals surface area contributed by atoms with Crippen molar-refractivity contribution in [3.8, 4) is 0 Å². The molecule has 18 heavy (non-hydrogen) atoms. The van der Waals surface area contributed by atoms with E-state index in [1.54, 1.807) is 0 Å². The van der Waals surface area contributed by atoms with E-state index < -0.39 is 0 Å². The Morgan fingerprint density at radius 3 is 2.39 bits per heavy atom. The highest BCUT2D eigenvalue weighted by molar-refractivity contribution is 5.84. The number of hydrogen-bond donors (Lipinski definition) is 2. The van der Waals surface area contributed by atoms with Crippen LogP contribution < -0.4 is 11.1 Å². The molecule has 2 aliphatic heterocycles. The number of rotatable bonds is 2. The Hall–Kier alpha value is -1.10. The molecular formula is C13H21N3O2. The summed E-state index contributed by atoms with van der Waals surface area (Å²) in [5.74, 6) is 0.101. The zero-order valence-electron chi connectivity index (χ0n) is 11.0. The summed E-state index contributed by atoms with van der Waals surface area (Å²) < 4.78 is 0. The molecule has 0 aromatic carbocycles. The molecule has 1 aliphatic carbocycles. The van der Waals surface area contributed by atoms with Crippen LogP contribution in [0, 0.1) is 22.7 Å². The van der Waals surface area contributed by atoms with Crippen molar-refractivity contribution in [3.63, 3.8) is 0 Å². The number of amides is 2. The van der Waals surface area contributed by atoms with Crippen LogP contribution in [0.25, 0.3) is 0 Å². The van der Waals surface area contributed by atoms with Crippen molar-refractivity contribution in [1.29, 1.82) is 0 Å². The fourth-order valence-corrected chi connectivity index (χ4v) is 3.52. The SMILES string of the molecule is CC1(C)CC1C(=O)N1CC2(CNCC2C(N)=O)C1. The third kappa shape index (κ3) is 1.56. The molecule has 5 nitrogen and oxygen atoms in total. The van der Waals surface area contributed by atoms with E-state index in [0.29, 0.717) is 19.6 Å². The predicted molar refractivity (Wildman–Crippen MR) is 66.5 cm³/mol. The molecule has 2 atom stereocenters. The van der Waals surface area contributed by atoms with Crippen LogP contribution >= 0.6 is 0 Å². The lowest BCUT2D eigenvalue weighted by atomic mass is 9.71. The third-order valence-corrected chi connectivity index (χ3v) is 5.04. The average Bonchev–Trinajstić information content (AvgIpc) is 2.72. The number of likely N-dealkylation sites (tertiary alicyclic amines) is 1. The second-order valence-corrected chi connectivity index (χ2v) is 6.89. The van der Waals surface area contributed by atoms with Gasteiger partial charge in [-0.25, -0.2) is 0 Å². The highest BCUT2D eigenvalue weighted by Gasteiger charge is 2.59. The van der Waals surface area contributed by atoms with Crippen LogP contribution in [0.3, 0.4) is 0 Å². The van der Waals surface area contributed by atoms with Crippen molar-refractivity contribution in [1.82, 2.24) is 10.2 Å². The first-order valence-electron chi connectivity index (χ1n) is 6.65. The second kappa shape index (κ2) is 3.47. The average molecular weight is 251 g/mol. The minimum absolute atomic E-state index is 0.0828. The van der Waals surface area contributed by atoms with Gasteiger partial charge in [0.1, 0.15) is 0 Å². The lowest BCUT2D eigenvalue weighted by Crippen LogP contribution is -2.64. The zero-order chi connectivity index (χ0) is 13.1. The Labute approximate surface area is 107 Å². The zero-order valence-corrected chi connectivity index (χ0v) is 11.0. The van der Waals surface area contributed by atoms with E-state index in [-0.39, 0.29) is 34.5 Å². The number of nitrogens with two attached hydrogens (primary N) is 1. The normalized spacial score (nSPS) is 35.3. The van der Waals surface area contributed by atoms with Gasteiger partial charge in [0.2, 0.25) is 11.8 Å². The smallest absolute Gasteiger partial charge is 0.226 e. The topological polar surface area (TPSA) is 75.4 Å². The van der Waals surface area contributed by atoms with Crippen LogP contribution in [0.5, 0.6) is 0 Å². The fraction of sp³-hybridized carbons (Fsp3) is 0.846. The lowest BCUT2D eigenvalue weighted by molar-refractivity contribution is -0.150. The van der Waals surface area contributed by atoms with Crippen molar-refractivity contribution >= 4 is 11.8 Å². The Kier molecular flexibility index (Phi) is 2.31. The maximum Gasteiger partial charge on any atom is 0.226 e. The van der Waals surface area contributed by atoms with Gasteiger partial charge in [0, 0.05) is 37.5 Å². The number of carbonyl (C=O) groups excluding carboxylic acids is 2. The van der Waals surface area contributed by atoms with Crippen molar-refractivity contribution in [2.45, 2.75) is 20.3 Å². The number of primary amides is 1. The monoisotopic (exact) mass is 251 g/mol. The number of nitrogens with one attached hydrogen (secondary N) is 1. The molecule has 0 aromatic heterocycles. The minimum Gasteiger partial charge on any atom is -0.369 e. The molecule has 2 saturated heterocycles. The van der Waals surface area contributed by atoms with Gasteiger partial charge in [0.05, 0.1) is 5.92 Å². The number of nitrogens with zero attached hydrogens (tertiary/aromatic N) is 1. The minimum atomic E-state index is -0.237. The summed E-state index contributed by atoms with van der Waals surface area (Å²) in [7, 11) is 0. The lowest BCUT2D eigenvalue weighted by Gasteiger charge is -2.50. The van der Waals surface area contributed by atoms with Gasteiger partial charge < -0.3 is 16.0 Å². The summed E-state index contributed by atoms with van der Waals surface area (Å²) in [5, 5.41) is 3.23. The van der Waals surface area contributed by atoms with E-state index in [0.717, 1.165) is 13.0 Å². The summed E-state index contributed by atoms with van der Waals surface area (Å²) in [6.45, 7) is 7.12. The van der Waals surface area contributed by atoms with Crippen LogP contribution in [-0.2, 0) is 9.59 Å². The van der Waals surface area contributed by atoms with E-state index in [1.807, 2.05) is 4.90 Å². The highest BCUT2D eigenvalue weighted by Crippen LogP contribution is 2.54. The van der Waals surface area contributed by atoms with E-state index in [9.17, 15) is 9.59 Å². The van der Waals surface area contributed by atoms with Crippen LogP contribution in [0.2, 0.25) is 0 Å². The summed E-state index contributed by atoms with van der Waals surface area (Å²) in [6.07, 6.45) is 0.993.